The summed E-state index contributed by atoms with van der Waals surface area (Å²) in [5.74, 6) is 2.80. The fourth-order valence-corrected chi connectivity index (χ4v) is 13.6. The van der Waals surface area contributed by atoms with Crippen LogP contribution in [0.2, 0.25) is 0 Å². The van der Waals surface area contributed by atoms with Crippen LogP contribution in [0, 0.1) is 56.7 Å². The Bertz CT molecular complexity index is 1140. The number of nitrogens with zero attached hydrogens (tertiary/aromatic N) is 1. The van der Waals surface area contributed by atoms with E-state index in [0.29, 0.717) is 66.5 Å². The molecule has 2 spiro atoms. The fourth-order valence-electron chi connectivity index (χ4n) is 13.6. The standard InChI is InChI=1S/C36H57NO6/c1-21-16-23(19-38)42-30-29(21)33(4)12-13-36-20-35(36)11-10-26(32(2,3)24(35)8-9-25(36)34(33,5)31(30)40)43-28-18-37(14-15-41-28)27(39)17-22-6-7-22/h21-26,28-31,38,40H,6-20H2,1-5H3/t21-,23?,24+,25?,26?,28+,29+,30?,31+,33?,34-,35?,36?/m1/s1. The van der Waals surface area contributed by atoms with Crippen LogP contribution in [0.1, 0.15) is 105 Å². The van der Waals surface area contributed by atoms with Crippen molar-refractivity contribution in [2.45, 2.75) is 136 Å². The highest BCUT2D eigenvalue weighted by Crippen LogP contribution is 2.89. The van der Waals surface area contributed by atoms with Crippen molar-refractivity contribution < 1.29 is 29.2 Å². The maximum absolute atomic E-state index is 12.8. The van der Waals surface area contributed by atoms with E-state index >= 15 is 0 Å². The number of hydrogen-bond donors (Lipinski definition) is 2. The number of amides is 1. The Morgan fingerprint density at radius 1 is 1.00 bits per heavy atom. The zero-order valence-electron chi connectivity index (χ0n) is 27.4. The van der Waals surface area contributed by atoms with Crippen molar-refractivity contribution in [1.82, 2.24) is 4.90 Å². The number of aliphatic hydroxyl groups is 2. The number of carbonyl (C=O) groups is 1. The van der Waals surface area contributed by atoms with E-state index in [4.69, 9.17) is 14.2 Å². The van der Waals surface area contributed by atoms with Gasteiger partial charge in [0.2, 0.25) is 5.91 Å². The van der Waals surface area contributed by atoms with E-state index in [1.54, 1.807) is 0 Å². The average molecular weight is 600 g/mol. The lowest BCUT2D eigenvalue weighted by atomic mass is 9.41. The largest absolute Gasteiger partial charge is 0.394 e. The van der Waals surface area contributed by atoms with Crippen molar-refractivity contribution in [2.75, 3.05) is 26.3 Å². The van der Waals surface area contributed by atoms with Gasteiger partial charge >= 0.3 is 0 Å². The van der Waals surface area contributed by atoms with Gasteiger partial charge in [0.15, 0.2) is 6.29 Å². The Balaban J connectivity index is 1.01. The summed E-state index contributed by atoms with van der Waals surface area (Å²) in [5.41, 5.74) is 0.578. The first-order valence-corrected chi connectivity index (χ1v) is 17.9. The van der Waals surface area contributed by atoms with Gasteiger partial charge in [-0.3, -0.25) is 4.79 Å². The molecule has 6 aliphatic carbocycles. The Labute approximate surface area is 258 Å². The van der Waals surface area contributed by atoms with Crippen molar-refractivity contribution in [3.05, 3.63) is 0 Å². The first kappa shape index (κ1) is 29.7. The molecule has 8 aliphatic rings. The molecule has 43 heavy (non-hydrogen) atoms. The molecule has 0 aromatic heterocycles. The molecule has 1 amide bonds. The van der Waals surface area contributed by atoms with Gasteiger partial charge in [0.25, 0.3) is 0 Å². The van der Waals surface area contributed by atoms with E-state index in [2.05, 4.69) is 34.6 Å². The minimum absolute atomic E-state index is 0.0340. The van der Waals surface area contributed by atoms with Gasteiger partial charge in [-0.15, -0.1) is 0 Å². The SMILES string of the molecule is C[C@@H]1CC(CO)OC2[C@H]1C1(C)CCC34CC35CCC(O[C@H]3CN(C(=O)CC6CC6)CCO3)C(C)(C)[C@@H]5CCC4[C@]1(C)[C@H]2O. The molecule has 6 saturated carbocycles. The zero-order chi connectivity index (χ0) is 30.2. The first-order chi connectivity index (χ1) is 20.4. The molecule has 13 atom stereocenters. The van der Waals surface area contributed by atoms with Crippen LogP contribution in [-0.4, -0.2) is 78.0 Å². The van der Waals surface area contributed by atoms with E-state index in [0.717, 1.165) is 12.8 Å². The summed E-state index contributed by atoms with van der Waals surface area (Å²) >= 11 is 0. The number of morpholine rings is 1. The van der Waals surface area contributed by atoms with E-state index in [1.165, 1.54) is 51.4 Å². The number of rotatable bonds is 5. The number of aliphatic hydroxyl groups excluding tert-OH is 2. The van der Waals surface area contributed by atoms with Crippen LogP contribution in [0.5, 0.6) is 0 Å². The maximum atomic E-state index is 12.8. The summed E-state index contributed by atoms with van der Waals surface area (Å²) in [7, 11) is 0. The number of fused-ring (bicyclic) bond motifs is 4. The van der Waals surface area contributed by atoms with Gasteiger partial charge in [0.05, 0.1) is 44.2 Å². The van der Waals surface area contributed by atoms with E-state index in [1.807, 2.05) is 4.90 Å². The smallest absolute Gasteiger partial charge is 0.223 e. The Morgan fingerprint density at radius 3 is 2.49 bits per heavy atom. The van der Waals surface area contributed by atoms with Crippen molar-refractivity contribution in [3.63, 3.8) is 0 Å². The van der Waals surface area contributed by atoms with Gasteiger partial charge in [-0.2, -0.15) is 0 Å². The molecule has 7 heteroatoms. The van der Waals surface area contributed by atoms with Gasteiger partial charge in [-0.25, -0.2) is 0 Å². The first-order valence-electron chi connectivity index (χ1n) is 17.9. The van der Waals surface area contributed by atoms with Crippen LogP contribution in [0.4, 0.5) is 0 Å². The molecular weight excluding hydrogens is 542 g/mol. The van der Waals surface area contributed by atoms with Crippen molar-refractivity contribution in [2.24, 2.45) is 56.7 Å². The summed E-state index contributed by atoms with van der Waals surface area (Å²) in [6.07, 6.45) is 11.4. The van der Waals surface area contributed by atoms with Crippen molar-refractivity contribution in [3.8, 4) is 0 Å². The van der Waals surface area contributed by atoms with Crippen LogP contribution < -0.4 is 0 Å². The lowest BCUT2D eigenvalue weighted by Crippen LogP contribution is -2.60. The molecule has 0 radical (unpaired) electrons. The second-order valence-electron chi connectivity index (χ2n) is 17.7. The highest BCUT2D eigenvalue weighted by molar-refractivity contribution is 5.76. The van der Waals surface area contributed by atoms with E-state index < -0.39 is 6.10 Å². The normalized spacial score (nSPS) is 55.0. The molecule has 2 saturated heterocycles. The number of ether oxygens (including phenoxy) is 3. The molecule has 242 valence electrons. The van der Waals surface area contributed by atoms with Gasteiger partial charge in [0, 0.05) is 18.4 Å². The monoisotopic (exact) mass is 599 g/mol. The Hall–Kier alpha value is -0.730. The highest BCUT2D eigenvalue weighted by Gasteiger charge is 2.84. The van der Waals surface area contributed by atoms with Gasteiger partial charge in [-0.05, 0) is 115 Å². The molecule has 7 unspecified atom stereocenters. The topological polar surface area (TPSA) is 88.5 Å². The molecule has 0 aromatic rings. The minimum Gasteiger partial charge on any atom is -0.394 e. The second kappa shape index (κ2) is 9.65. The maximum Gasteiger partial charge on any atom is 0.223 e. The minimum atomic E-state index is -0.475. The summed E-state index contributed by atoms with van der Waals surface area (Å²) in [4.78, 5) is 14.8. The van der Waals surface area contributed by atoms with Gasteiger partial charge in [0.1, 0.15) is 0 Å². The predicted molar refractivity (Wildman–Crippen MR) is 162 cm³/mol. The van der Waals surface area contributed by atoms with Crippen molar-refractivity contribution >= 4 is 5.91 Å². The lowest BCUT2D eigenvalue weighted by molar-refractivity contribution is -0.248. The highest BCUT2D eigenvalue weighted by atomic mass is 16.7. The lowest BCUT2D eigenvalue weighted by Gasteiger charge is -2.64. The number of carbonyl (C=O) groups excluding carboxylic acids is 1. The van der Waals surface area contributed by atoms with Crippen LogP contribution in [0.15, 0.2) is 0 Å². The molecule has 0 bridgehead atoms. The molecule has 7 nitrogen and oxygen atoms in total. The third-order valence-corrected chi connectivity index (χ3v) is 15.9. The summed E-state index contributed by atoms with van der Waals surface area (Å²) in [6, 6.07) is 0. The molecule has 2 aliphatic heterocycles. The predicted octanol–water partition coefficient (Wildman–Crippen LogP) is 5.16. The van der Waals surface area contributed by atoms with Gasteiger partial charge in [-0.1, -0.05) is 34.6 Å². The Morgan fingerprint density at radius 2 is 1.74 bits per heavy atom. The average Bonchev–Trinajstić information content (AvgIpc) is 3.90. The van der Waals surface area contributed by atoms with Gasteiger partial charge < -0.3 is 29.3 Å². The third kappa shape index (κ3) is 3.87. The third-order valence-electron chi connectivity index (χ3n) is 15.9. The number of hydrogen-bond acceptors (Lipinski definition) is 6. The van der Waals surface area contributed by atoms with Crippen molar-refractivity contribution in [1.29, 1.82) is 0 Å². The second-order valence-corrected chi connectivity index (χ2v) is 17.7. The molecule has 0 aromatic carbocycles. The fraction of sp³-hybridized carbons (Fsp3) is 0.972. The molecule has 2 heterocycles. The van der Waals surface area contributed by atoms with E-state index in [9.17, 15) is 15.0 Å². The zero-order valence-corrected chi connectivity index (χ0v) is 27.4. The quantitative estimate of drug-likeness (QED) is 0.454. The molecule has 2 N–H and O–H groups in total. The van der Waals surface area contributed by atoms with Crippen LogP contribution in [-0.2, 0) is 19.0 Å². The summed E-state index contributed by atoms with van der Waals surface area (Å²) in [6.45, 7) is 14.0. The van der Waals surface area contributed by atoms with Crippen LogP contribution in [0.25, 0.3) is 0 Å². The molecule has 8 rings (SSSR count). The summed E-state index contributed by atoms with van der Waals surface area (Å²) in [5, 5.41) is 22.2. The Kier molecular flexibility index (Phi) is 6.66. The summed E-state index contributed by atoms with van der Waals surface area (Å²) < 4.78 is 19.4. The van der Waals surface area contributed by atoms with Crippen LogP contribution in [0.3, 0.4) is 0 Å². The van der Waals surface area contributed by atoms with E-state index in [-0.39, 0.29) is 53.4 Å². The van der Waals surface area contributed by atoms with Crippen LogP contribution >= 0.6 is 0 Å². The molecule has 8 fully saturated rings. The molecular formula is C36H57NO6.